The first kappa shape index (κ1) is 16.0. The van der Waals surface area contributed by atoms with Crippen molar-refractivity contribution in [2.75, 3.05) is 19.4 Å². The van der Waals surface area contributed by atoms with Crippen molar-refractivity contribution >= 4 is 23.1 Å². The molecule has 1 heterocycles. The van der Waals surface area contributed by atoms with E-state index in [1.807, 2.05) is 44.4 Å². The van der Waals surface area contributed by atoms with Crippen LogP contribution in [0.25, 0.3) is 5.57 Å². The lowest BCUT2D eigenvalue weighted by Gasteiger charge is -2.18. The van der Waals surface area contributed by atoms with Crippen LogP contribution >= 0.6 is 0 Å². The molecule has 2 aromatic rings. The number of fused-ring (bicyclic) bond motifs is 1. The van der Waals surface area contributed by atoms with Crippen molar-refractivity contribution in [1.29, 1.82) is 0 Å². The fraction of sp³-hybridized carbons (Fsp3) is 0.158. The lowest BCUT2D eigenvalue weighted by Crippen LogP contribution is -2.36. The minimum atomic E-state index is -0.393. The van der Waals surface area contributed by atoms with Crippen LogP contribution in [0.5, 0.6) is 0 Å². The Kier molecular flexibility index (Phi) is 4.44. The summed E-state index contributed by atoms with van der Waals surface area (Å²) in [7, 11) is 4.05. The fourth-order valence-electron chi connectivity index (χ4n) is 2.65. The molecule has 0 atom stereocenters. The maximum absolute atomic E-state index is 12.1. The SMILES string of the molecule is CN(C)Cc1ccc(NC=C2C(=O)NC(=O)c3ccccc32)cc1. The summed E-state index contributed by atoms with van der Waals surface area (Å²) in [6.07, 6.45) is 1.64. The summed E-state index contributed by atoms with van der Waals surface area (Å²) in [5, 5.41) is 5.49. The van der Waals surface area contributed by atoms with Gasteiger partial charge >= 0.3 is 0 Å². The highest BCUT2D eigenvalue weighted by Gasteiger charge is 2.26. The molecule has 5 heteroatoms. The maximum Gasteiger partial charge on any atom is 0.260 e. The van der Waals surface area contributed by atoms with Gasteiger partial charge in [-0.05, 0) is 37.9 Å². The second kappa shape index (κ2) is 6.68. The fourth-order valence-corrected chi connectivity index (χ4v) is 2.65. The molecule has 1 aliphatic heterocycles. The topological polar surface area (TPSA) is 61.4 Å². The highest BCUT2D eigenvalue weighted by molar-refractivity contribution is 6.31. The number of amides is 2. The summed E-state index contributed by atoms with van der Waals surface area (Å²) in [6, 6.07) is 15.1. The van der Waals surface area contributed by atoms with E-state index in [4.69, 9.17) is 0 Å². The summed E-state index contributed by atoms with van der Waals surface area (Å²) in [5.41, 5.74) is 3.69. The van der Waals surface area contributed by atoms with E-state index in [-0.39, 0.29) is 5.91 Å². The smallest absolute Gasteiger partial charge is 0.260 e. The molecule has 3 rings (SSSR count). The molecule has 0 spiro atoms. The van der Waals surface area contributed by atoms with Gasteiger partial charge in [0.25, 0.3) is 11.8 Å². The Morgan fingerprint density at radius 2 is 1.62 bits per heavy atom. The highest BCUT2D eigenvalue weighted by Crippen LogP contribution is 2.24. The van der Waals surface area contributed by atoms with Gasteiger partial charge in [-0.1, -0.05) is 30.3 Å². The molecule has 2 amide bonds. The van der Waals surface area contributed by atoms with E-state index < -0.39 is 5.91 Å². The normalized spacial score (nSPS) is 15.4. The van der Waals surface area contributed by atoms with Crippen LogP contribution in [0, 0.1) is 0 Å². The number of rotatable bonds is 4. The van der Waals surface area contributed by atoms with Crippen molar-refractivity contribution in [3.8, 4) is 0 Å². The third kappa shape index (κ3) is 3.36. The van der Waals surface area contributed by atoms with Crippen LogP contribution in [-0.2, 0) is 11.3 Å². The first-order valence-electron chi connectivity index (χ1n) is 7.70. The Hall–Kier alpha value is -2.92. The maximum atomic E-state index is 12.1. The van der Waals surface area contributed by atoms with E-state index in [0.29, 0.717) is 16.7 Å². The Balaban J connectivity index is 1.82. The first-order chi connectivity index (χ1) is 11.5. The summed E-state index contributed by atoms with van der Waals surface area (Å²) in [4.78, 5) is 26.1. The van der Waals surface area contributed by atoms with Gasteiger partial charge in [-0.2, -0.15) is 0 Å². The Morgan fingerprint density at radius 3 is 2.29 bits per heavy atom. The number of hydrogen-bond acceptors (Lipinski definition) is 4. The van der Waals surface area contributed by atoms with Gasteiger partial charge in [0.1, 0.15) is 0 Å². The average Bonchev–Trinajstić information content (AvgIpc) is 2.55. The lowest BCUT2D eigenvalue weighted by molar-refractivity contribution is -0.114. The number of anilines is 1. The number of imide groups is 1. The van der Waals surface area contributed by atoms with Crippen molar-refractivity contribution < 1.29 is 9.59 Å². The molecule has 2 N–H and O–H groups in total. The third-order valence-electron chi connectivity index (χ3n) is 3.77. The van der Waals surface area contributed by atoms with Gasteiger partial charge in [0, 0.05) is 29.6 Å². The Morgan fingerprint density at radius 1 is 0.958 bits per heavy atom. The molecule has 0 radical (unpaired) electrons. The summed E-state index contributed by atoms with van der Waals surface area (Å²) in [5.74, 6) is -0.754. The molecule has 0 bridgehead atoms. The molecule has 2 aromatic carbocycles. The van der Waals surface area contributed by atoms with E-state index in [2.05, 4.69) is 15.5 Å². The van der Waals surface area contributed by atoms with Crippen molar-refractivity contribution in [2.45, 2.75) is 6.54 Å². The number of benzene rings is 2. The molecule has 24 heavy (non-hydrogen) atoms. The molecule has 0 saturated carbocycles. The van der Waals surface area contributed by atoms with E-state index >= 15 is 0 Å². The molecule has 0 fully saturated rings. The quantitative estimate of drug-likeness (QED) is 0.671. The van der Waals surface area contributed by atoms with E-state index in [0.717, 1.165) is 12.2 Å². The third-order valence-corrected chi connectivity index (χ3v) is 3.77. The largest absolute Gasteiger partial charge is 0.361 e. The summed E-state index contributed by atoms with van der Waals surface area (Å²) < 4.78 is 0. The zero-order valence-electron chi connectivity index (χ0n) is 13.7. The molecule has 5 nitrogen and oxygen atoms in total. The summed E-state index contributed by atoms with van der Waals surface area (Å²) >= 11 is 0. The minimum Gasteiger partial charge on any atom is -0.361 e. The van der Waals surface area contributed by atoms with Crippen molar-refractivity contribution in [2.24, 2.45) is 0 Å². The molecular formula is C19H19N3O2. The van der Waals surface area contributed by atoms with Gasteiger partial charge in [-0.25, -0.2) is 0 Å². The predicted molar refractivity (Wildman–Crippen MR) is 94.3 cm³/mol. The van der Waals surface area contributed by atoms with Crippen LogP contribution < -0.4 is 10.6 Å². The van der Waals surface area contributed by atoms with E-state index in [1.54, 1.807) is 24.4 Å². The molecule has 0 saturated heterocycles. The number of nitrogens with zero attached hydrogens (tertiary/aromatic N) is 1. The number of carbonyl (C=O) groups is 2. The van der Waals surface area contributed by atoms with Gasteiger partial charge < -0.3 is 10.2 Å². The molecular weight excluding hydrogens is 302 g/mol. The molecule has 0 aliphatic carbocycles. The Labute approximate surface area is 141 Å². The van der Waals surface area contributed by atoms with Crippen LogP contribution in [0.3, 0.4) is 0 Å². The van der Waals surface area contributed by atoms with Crippen LogP contribution in [0.2, 0.25) is 0 Å². The van der Waals surface area contributed by atoms with Gasteiger partial charge in [0.05, 0.1) is 5.57 Å². The Bertz CT molecular complexity index is 808. The zero-order valence-corrected chi connectivity index (χ0v) is 13.7. The standard InChI is InChI=1S/C19H19N3O2/c1-22(2)12-13-7-9-14(10-8-13)20-11-17-15-5-3-4-6-16(15)18(23)21-19(17)24/h3-11,20H,12H2,1-2H3,(H,21,23,24). The molecule has 122 valence electrons. The minimum absolute atomic E-state index is 0.360. The number of hydrogen-bond donors (Lipinski definition) is 2. The zero-order chi connectivity index (χ0) is 17.1. The van der Waals surface area contributed by atoms with Gasteiger partial charge in [-0.15, -0.1) is 0 Å². The predicted octanol–water partition coefficient (Wildman–Crippen LogP) is 2.47. The monoisotopic (exact) mass is 321 g/mol. The second-order valence-electron chi connectivity index (χ2n) is 5.97. The van der Waals surface area contributed by atoms with Crippen LogP contribution in [0.4, 0.5) is 5.69 Å². The second-order valence-corrected chi connectivity index (χ2v) is 5.97. The first-order valence-corrected chi connectivity index (χ1v) is 7.70. The van der Waals surface area contributed by atoms with Gasteiger partial charge in [0.2, 0.25) is 0 Å². The van der Waals surface area contributed by atoms with Crippen LogP contribution in [0.15, 0.2) is 54.7 Å². The summed E-state index contributed by atoms with van der Waals surface area (Å²) in [6.45, 7) is 0.874. The molecule has 0 aromatic heterocycles. The lowest BCUT2D eigenvalue weighted by atomic mass is 9.96. The van der Waals surface area contributed by atoms with Crippen molar-refractivity contribution in [3.05, 3.63) is 71.4 Å². The molecule has 1 aliphatic rings. The van der Waals surface area contributed by atoms with Gasteiger partial charge in [-0.3, -0.25) is 14.9 Å². The average molecular weight is 321 g/mol. The van der Waals surface area contributed by atoms with Crippen molar-refractivity contribution in [1.82, 2.24) is 10.2 Å². The molecule has 0 unspecified atom stereocenters. The number of carbonyl (C=O) groups excluding carboxylic acids is 2. The van der Waals surface area contributed by atoms with E-state index in [1.165, 1.54) is 5.56 Å². The number of nitrogens with one attached hydrogen (secondary N) is 2. The van der Waals surface area contributed by atoms with E-state index in [9.17, 15) is 9.59 Å². The van der Waals surface area contributed by atoms with Gasteiger partial charge in [0.15, 0.2) is 0 Å². The highest BCUT2D eigenvalue weighted by atomic mass is 16.2. The van der Waals surface area contributed by atoms with Crippen molar-refractivity contribution in [3.63, 3.8) is 0 Å². The van der Waals surface area contributed by atoms with Crippen LogP contribution in [-0.4, -0.2) is 30.8 Å². The van der Waals surface area contributed by atoms with Crippen LogP contribution in [0.1, 0.15) is 21.5 Å².